The minimum atomic E-state index is -3.72. The van der Waals surface area contributed by atoms with Crippen LogP contribution in [0.25, 0.3) is 0 Å². The van der Waals surface area contributed by atoms with Gasteiger partial charge in [0.15, 0.2) is 5.69 Å². The van der Waals surface area contributed by atoms with Crippen molar-refractivity contribution in [3.05, 3.63) is 57.5 Å². The molecule has 11 nitrogen and oxygen atoms in total. The molecular weight excluding hydrogens is 455 g/mol. The van der Waals surface area contributed by atoms with Crippen molar-refractivity contribution in [3.63, 3.8) is 0 Å². The van der Waals surface area contributed by atoms with Gasteiger partial charge < -0.3 is 10.4 Å². The fourth-order valence-electron chi connectivity index (χ4n) is 3.51. The first-order valence-electron chi connectivity index (χ1n) is 10.1. The third kappa shape index (κ3) is 5.05. The molecule has 1 atom stereocenters. The predicted molar refractivity (Wildman–Crippen MR) is 118 cm³/mol. The van der Waals surface area contributed by atoms with Crippen molar-refractivity contribution in [2.24, 2.45) is 0 Å². The van der Waals surface area contributed by atoms with Gasteiger partial charge in [0, 0.05) is 47.3 Å². The second kappa shape index (κ2) is 9.55. The maximum atomic E-state index is 13.1. The standard InChI is InChI=1S/C20H27FN6O5S/c1-24(2)33(31,32)26(4)12-15-18-23-16(17(28)20(30)27(18)10-9-25(15)3)19(29)22-11-13-5-7-14(21)8-6-13/h5-8,15,28H,9-12H2,1-4H3,(H,22,29). The molecule has 33 heavy (non-hydrogen) atoms. The molecule has 0 bridgehead atoms. The molecule has 0 saturated heterocycles. The summed E-state index contributed by atoms with van der Waals surface area (Å²) in [7, 11) is 2.28. The number of carbonyl (C=O) groups is 1. The van der Waals surface area contributed by atoms with E-state index in [9.17, 15) is 27.5 Å². The molecule has 0 radical (unpaired) electrons. The third-order valence-electron chi connectivity index (χ3n) is 5.55. The number of rotatable bonds is 7. The Morgan fingerprint density at radius 2 is 1.88 bits per heavy atom. The van der Waals surface area contributed by atoms with Crippen LogP contribution in [0, 0.1) is 5.82 Å². The summed E-state index contributed by atoms with van der Waals surface area (Å²) in [6.45, 7) is 0.657. The second-order valence-electron chi connectivity index (χ2n) is 8.00. The fraction of sp³-hybridized carbons (Fsp3) is 0.450. The highest BCUT2D eigenvalue weighted by Gasteiger charge is 2.34. The Kier molecular flexibility index (Phi) is 7.17. The van der Waals surface area contributed by atoms with Crippen molar-refractivity contribution in [1.82, 2.24) is 28.4 Å². The number of nitrogens with one attached hydrogen (secondary N) is 1. The quantitative estimate of drug-likeness (QED) is 0.557. The number of aromatic nitrogens is 2. The Hall–Kier alpha value is -2.87. The maximum Gasteiger partial charge on any atom is 0.296 e. The molecule has 0 saturated carbocycles. The summed E-state index contributed by atoms with van der Waals surface area (Å²) in [6, 6.07) is 4.87. The zero-order chi connectivity index (χ0) is 24.5. The van der Waals surface area contributed by atoms with Crippen molar-refractivity contribution < 1.29 is 22.7 Å². The van der Waals surface area contributed by atoms with E-state index in [1.54, 1.807) is 7.05 Å². The van der Waals surface area contributed by atoms with Crippen LogP contribution in [-0.2, 0) is 23.3 Å². The van der Waals surface area contributed by atoms with Crippen LogP contribution in [0.5, 0.6) is 5.75 Å². The van der Waals surface area contributed by atoms with Crippen molar-refractivity contribution >= 4 is 16.1 Å². The lowest BCUT2D eigenvalue weighted by Crippen LogP contribution is -2.48. The summed E-state index contributed by atoms with van der Waals surface area (Å²) in [6.07, 6.45) is 0. The molecule has 0 spiro atoms. The molecule has 2 heterocycles. The van der Waals surface area contributed by atoms with Gasteiger partial charge in [-0.1, -0.05) is 12.1 Å². The lowest BCUT2D eigenvalue weighted by molar-refractivity contribution is 0.0938. The van der Waals surface area contributed by atoms with Crippen LogP contribution in [0.4, 0.5) is 4.39 Å². The van der Waals surface area contributed by atoms with E-state index in [4.69, 9.17) is 0 Å². The molecule has 2 N–H and O–H groups in total. The number of fused-ring (bicyclic) bond motifs is 1. The van der Waals surface area contributed by atoms with E-state index in [0.717, 1.165) is 8.61 Å². The monoisotopic (exact) mass is 482 g/mol. The molecule has 1 aliphatic heterocycles. The smallest absolute Gasteiger partial charge is 0.296 e. The van der Waals surface area contributed by atoms with Gasteiger partial charge >= 0.3 is 0 Å². The first-order valence-corrected chi connectivity index (χ1v) is 11.5. The Labute approximate surface area is 191 Å². The third-order valence-corrected chi connectivity index (χ3v) is 7.41. The van der Waals surface area contributed by atoms with E-state index in [0.29, 0.717) is 12.1 Å². The largest absolute Gasteiger partial charge is 0.501 e. The summed E-state index contributed by atoms with van der Waals surface area (Å²) >= 11 is 0. The fourth-order valence-corrected chi connectivity index (χ4v) is 4.39. The summed E-state index contributed by atoms with van der Waals surface area (Å²) in [5.41, 5.74) is -0.609. The highest BCUT2D eigenvalue weighted by molar-refractivity contribution is 7.86. The van der Waals surface area contributed by atoms with Gasteiger partial charge in [-0.2, -0.15) is 17.0 Å². The van der Waals surface area contributed by atoms with Gasteiger partial charge in [-0.15, -0.1) is 0 Å². The Morgan fingerprint density at radius 3 is 2.48 bits per heavy atom. The maximum absolute atomic E-state index is 13.1. The van der Waals surface area contributed by atoms with Crippen molar-refractivity contribution in [1.29, 1.82) is 0 Å². The molecule has 180 valence electrons. The van der Waals surface area contributed by atoms with E-state index in [1.165, 1.54) is 50.0 Å². The average Bonchev–Trinajstić information content (AvgIpc) is 2.77. The predicted octanol–water partition coefficient (Wildman–Crippen LogP) is -0.257. The molecule has 1 aliphatic rings. The lowest BCUT2D eigenvalue weighted by atomic mass is 10.1. The number of nitrogens with zero attached hydrogens (tertiary/aromatic N) is 5. The molecule has 0 fully saturated rings. The molecule has 1 unspecified atom stereocenters. The Balaban J connectivity index is 1.92. The van der Waals surface area contributed by atoms with Crippen molar-refractivity contribution in [3.8, 4) is 5.75 Å². The number of amides is 1. The van der Waals surface area contributed by atoms with E-state index in [1.807, 2.05) is 4.90 Å². The molecule has 3 rings (SSSR count). The minimum Gasteiger partial charge on any atom is -0.501 e. The number of likely N-dealkylation sites (N-methyl/N-ethyl adjacent to an activating group) is 2. The number of hydrogen-bond acceptors (Lipinski definition) is 7. The number of hydrogen-bond donors (Lipinski definition) is 2. The summed E-state index contributed by atoms with van der Waals surface area (Å²) in [4.78, 5) is 31.6. The number of benzene rings is 1. The van der Waals surface area contributed by atoms with E-state index < -0.39 is 45.0 Å². The summed E-state index contributed by atoms with van der Waals surface area (Å²) in [5, 5.41) is 12.9. The van der Waals surface area contributed by atoms with Crippen LogP contribution in [-0.4, -0.2) is 83.8 Å². The van der Waals surface area contributed by atoms with E-state index in [2.05, 4.69) is 10.3 Å². The average molecular weight is 483 g/mol. The number of aromatic hydroxyl groups is 1. The first-order chi connectivity index (χ1) is 15.4. The van der Waals surface area contributed by atoms with Gasteiger partial charge in [0.2, 0.25) is 5.75 Å². The minimum absolute atomic E-state index is 0.0229. The molecular formula is C20H27FN6O5S. The molecule has 1 amide bonds. The zero-order valence-corrected chi connectivity index (χ0v) is 19.6. The second-order valence-corrected chi connectivity index (χ2v) is 10.2. The van der Waals surface area contributed by atoms with Gasteiger partial charge in [-0.25, -0.2) is 9.37 Å². The van der Waals surface area contributed by atoms with E-state index >= 15 is 0 Å². The van der Waals surface area contributed by atoms with Crippen molar-refractivity contribution in [2.45, 2.75) is 19.1 Å². The van der Waals surface area contributed by atoms with Gasteiger partial charge in [0.25, 0.3) is 21.7 Å². The zero-order valence-electron chi connectivity index (χ0n) is 18.8. The van der Waals surface area contributed by atoms with Crippen LogP contribution < -0.4 is 10.9 Å². The SMILES string of the molecule is CN1CCn2c(nc(C(=O)NCc3ccc(F)cc3)c(O)c2=O)C1CN(C)S(=O)(=O)N(C)C. The highest BCUT2D eigenvalue weighted by Crippen LogP contribution is 2.25. The van der Waals surface area contributed by atoms with Gasteiger partial charge in [-0.05, 0) is 24.7 Å². The van der Waals surface area contributed by atoms with Crippen LogP contribution >= 0.6 is 0 Å². The molecule has 0 aliphatic carbocycles. The Morgan fingerprint density at radius 1 is 1.24 bits per heavy atom. The number of halogens is 1. The molecule has 1 aromatic carbocycles. The molecule has 1 aromatic heterocycles. The summed E-state index contributed by atoms with van der Waals surface area (Å²) in [5.74, 6) is -1.80. The van der Waals surface area contributed by atoms with Crippen LogP contribution in [0.1, 0.15) is 27.9 Å². The first kappa shape index (κ1) is 24.8. The van der Waals surface area contributed by atoms with Gasteiger partial charge in [-0.3, -0.25) is 19.1 Å². The normalized spacial score (nSPS) is 16.8. The molecule has 2 aromatic rings. The summed E-state index contributed by atoms with van der Waals surface area (Å²) < 4.78 is 41.5. The van der Waals surface area contributed by atoms with Crippen molar-refractivity contribution in [2.75, 3.05) is 41.3 Å². The van der Waals surface area contributed by atoms with Crippen LogP contribution in [0.3, 0.4) is 0 Å². The van der Waals surface area contributed by atoms with E-state index in [-0.39, 0.29) is 25.5 Å². The van der Waals surface area contributed by atoms with Crippen LogP contribution in [0.15, 0.2) is 29.1 Å². The highest BCUT2D eigenvalue weighted by atomic mass is 32.2. The van der Waals surface area contributed by atoms with Gasteiger partial charge in [0.05, 0.1) is 6.04 Å². The number of carbonyl (C=O) groups excluding carboxylic acids is 1. The Bertz CT molecular complexity index is 1200. The van der Waals surface area contributed by atoms with Gasteiger partial charge in [0.1, 0.15) is 11.6 Å². The molecule has 13 heteroatoms. The topological polar surface area (TPSA) is 128 Å². The lowest BCUT2D eigenvalue weighted by Gasteiger charge is -2.36. The van der Waals surface area contributed by atoms with Crippen LogP contribution in [0.2, 0.25) is 0 Å².